The van der Waals surface area contributed by atoms with Gasteiger partial charge in [-0.3, -0.25) is 0 Å². The lowest BCUT2D eigenvalue weighted by Crippen LogP contribution is -2.19. The highest BCUT2D eigenvalue weighted by molar-refractivity contribution is 7.86. The zero-order chi connectivity index (χ0) is 14.7. The number of benzene rings is 1. The summed E-state index contributed by atoms with van der Waals surface area (Å²) >= 11 is 0. The molecule has 1 aromatic rings. The molecule has 0 bridgehead atoms. The van der Waals surface area contributed by atoms with Crippen LogP contribution in [0.3, 0.4) is 0 Å². The van der Waals surface area contributed by atoms with E-state index in [4.69, 9.17) is 0 Å². The van der Waals surface area contributed by atoms with Crippen LogP contribution >= 0.6 is 8.03 Å². The molecule has 106 valence electrons. The van der Waals surface area contributed by atoms with Crippen molar-refractivity contribution in [2.45, 2.75) is 11.3 Å². The molecule has 0 saturated heterocycles. The van der Waals surface area contributed by atoms with Crippen LogP contribution in [-0.2, 0) is 23.7 Å². The van der Waals surface area contributed by atoms with Crippen molar-refractivity contribution in [1.29, 1.82) is 0 Å². The molecule has 1 unspecified atom stereocenters. The minimum Gasteiger partial charge on any atom is -0.404 e. The Morgan fingerprint density at radius 1 is 1.21 bits per heavy atom. The number of ether oxygens (including phenoxy) is 1. The number of hydrogen-bond acceptors (Lipinski definition) is 6. The molecular formula is C8H7F3O6PS+. The molecule has 0 saturated carbocycles. The Kier molecular flexibility index (Phi) is 4.86. The van der Waals surface area contributed by atoms with Gasteiger partial charge in [0.25, 0.3) is 0 Å². The highest BCUT2D eigenvalue weighted by Gasteiger charge is 2.35. The Balaban J connectivity index is 3.09. The van der Waals surface area contributed by atoms with E-state index < -0.39 is 35.2 Å². The Bertz CT molecular complexity index is 570. The average Bonchev–Trinajstić information content (AvgIpc) is 2.25. The van der Waals surface area contributed by atoms with E-state index in [1.165, 1.54) is 0 Å². The van der Waals surface area contributed by atoms with E-state index >= 15 is 0 Å². The molecule has 0 spiro atoms. The van der Waals surface area contributed by atoms with E-state index in [-0.39, 0.29) is 0 Å². The predicted molar refractivity (Wildman–Crippen MR) is 56.0 cm³/mol. The lowest BCUT2D eigenvalue weighted by molar-refractivity contribution is -0.275. The summed E-state index contributed by atoms with van der Waals surface area (Å²) in [5.41, 5.74) is 0. The Morgan fingerprint density at radius 3 is 2.32 bits per heavy atom. The molecule has 0 aliphatic rings. The first-order valence-corrected chi connectivity index (χ1v) is 7.52. The van der Waals surface area contributed by atoms with Crippen LogP contribution in [0.5, 0.6) is 5.75 Å². The first kappa shape index (κ1) is 15.8. The van der Waals surface area contributed by atoms with Crippen molar-refractivity contribution >= 4 is 18.1 Å². The summed E-state index contributed by atoms with van der Waals surface area (Å²) in [6.07, 6.45) is -5.07. The van der Waals surface area contributed by atoms with E-state index in [1.54, 1.807) is 0 Å². The van der Waals surface area contributed by atoms with E-state index in [2.05, 4.69) is 13.7 Å². The molecule has 11 heteroatoms. The van der Waals surface area contributed by atoms with Gasteiger partial charge < -0.3 is 4.74 Å². The van der Waals surface area contributed by atoms with Gasteiger partial charge in [-0.1, -0.05) is 16.5 Å². The Morgan fingerprint density at radius 2 is 1.79 bits per heavy atom. The topological polar surface area (TPSA) is 78.9 Å². The molecule has 0 aromatic heterocycles. The number of rotatable bonds is 5. The van der Waals surface area contributed by atoms with Gasteiger partial charge in [-0.05, 0) is 16.7 Å². The van der Waals surface area contributed by atoms with E-state index in [1.807, 2.05) is 0 Å². The molecule has 19 heavy (non-hydrogen) atoms. The maximum atomic E-state index is 12.1. The van der Waals surface area contributed by atoms with Gasteiger partial charge in [0, 0.05) is 4.67 Å². The monoisotopic (exact) mass is 319 g/mol. The van der Waals surface area contributed by atoms with Gasteiger partial charge in [-0.15, -0.1) is 13.2 Å². The van der Waals surface area contributed by atoms with Crippen molar-refractivity contribution in [3.05, 3.63) is 24.3 Å². The van der Waals surface area contributed by atoms with Crippen molar-refractivity contribution in [2.75, 3.05) is 6.66 Å². The van der Waals surface area contributed by atoms with Gasteiger partial charge in [-0.2, -0.15) is 8.42 Å². The smallest absolute Gasteiger partial charge is 0.404 e. The van der Waals surface area contributed by atoms with Gasteiger partial charge in [-0.25, -0.2) is 0 Å². The zero-order valence-electron chi connectivity index (χ0n) is 9.25. The van der Waals surface area contributed by atoms with Crippen molar-refractivity contribution in [3.63, 3.8) is 0 Å². The number of halogens is 3. The maximum absolute atomic E-state index is 12.1. The van der Waals surface area contributed by atoms with Crippen LogP contribution in [0.2, 0.25) is 0 Å². The molecule has 0 fully saturated rings. The largest absolute Gasteiger partial charge is 0.573 e. The molecule has 1 atom stereocenters. The van der Waals surface area contributed by atoms with Gasteiger partial charge in [0.05, 0.1) is 0 Å². The van der Waals surface area contributed by atoms with Gasteiger partial charge >= 0.3 is 24.5 Å². The molecule has 0 aliphatic carbocycles. The number of para-hydroxylation sites is 1. The second-order valence-electron chi connectivity index (χ2n) is 3.03. The highest BCUT2D eigenvalue weighted by atomic mass is 32.2. The summed E-state index contributed by atoms with van der Waals surface area (Å²) in [5.74, 6) is -0.982. The van der Waals surface area contributed by atoms with Gasteiger partial charge in [0.1, 0.15) is 4.90 Å². The first-order chi connectivity index (χ1) is 8.62. The third kappa shape index (κ3) is 5.11. The van der Waals surface area contributed by atoms with Crippen LogP contribution in [0.4, 0.5) is 13.2 Å². The van der Waals surface area contributed by atoms with E-state index in [0.717, 1.165) is 30.9 Å². The summed E-state index contributed by atoms with van der Waals surface area (Å²) in [6.45, 7) is 1.00. The van der Waals surface area contributed by atoms with Crippen LogP contribution in [0.25, 0.3) is 0 Å². The minimum atomic E-state index is -5.07. The van der Waals surface area contributed by atoms with Crippen molar-refractivity contribution in [2.24, 2.45) is 0 Å². The molecule has 0 aliphatic heterocycles. The molecule has 0 amide bonds. The van der Waals surface area contributed by atoms with Crippen LogP contribution in [0, 0.1) is 0 Å². The van der Waals surface area contributed by atoms with Crippen molar-refractivity contribution in [3.8, 4) is 5.75 Å². The van der Waals surface area contributed by atoms with E-state index in [9.17, 15) is 26.2 Å². The standard InChI is InChI=1S/C8H7F3O6PS/c1-18(12)16-17-19(13,14)7-5-3-2-4-6(7)15-8(9,10)11/h2-5H,1H3/q+1. The molecule has 1 aromatic carbocycles. The molecule has 1 rings (SSSR count). The summed E-state index contributed by atoms with van der Waals surface area (Å²) in [5, 5.41) is 0. The van der Waals surface area contributed by atoms with Crippen LogP contribution < -0.4 is 4.74 Å². The molecule has 0 N–H and O–H groups in total. The first-order valence-electron chi connectivity index (χ1n) is 4.49. The van der Waals surface area contributed by atoms with Crippen LogP contribution in [-0.4, -0.2) is 21.4 Å². The summed E-state index contributed by atoms with van der Waals surface area (Å²) in [7, 11) is -7.10. The van der Waals surface area contributed by atoms with E-state index in [0.29, 0.717) is 0 Å². The summed E-state index contributed by atoms with van der Waals surface area (Å²) in [4.78, 5) is -0.899. The van der Waals surface area contributed by atoms with Crippen molar-refractivity contribution in [1.82, 2.24) is 0 Å². The minimum absolute atomic E-state index is 0.787. The average molecular weight is 319 g/mol. The summed E-state index contributed by atoms with van der Waals surface area (Å²) < 4.78 is 81.2. The Hall–Kier alpha value is -1.22. The fraction of sp³-hybridized carbons (Fsp3) is 0.250. The molecule has 0 radical (unpaired) electrons. The lowest BCUT2D eigenvalue weighted by atomic mass is 10.3. The molecule has 6 nitrogen and oxygen atoms in total. The maximum Gasteiger partial charge on any atom is 0.573 e. The van der Waals surface area contributed by atoms with Gasteiger partial charge in [0.2, 0.25) is 0 Å². The van der Waals surface area contributed by atoms with Crippen LogP contribution in [0.1, 0.15) is 0 Å². The van der Waals surface area contributed by atoms with Crippen molar-refractivity contribution < 1.29 is 39.9 Å². The fourth-order valence-electron chi connectivity index (χ4n) is 0.985. The van der Waals surface area contributed by atoms with Crippen LogP contribution in [0.15, 0.2) is 29.2 Å². The highest BCUT2D eigenvalue weighted by Crippen LogP contribution is 2.31. The third-order valence-corrected chi connectivity index (χ3v) is 3.08. The molecular weight excluding hydrogens is 312 g/mol. The normalized spacial score (nSPS) is 13.2. The predicted octanol–water partition coefficient (Wildman–Crippen LogP) is 2.59. The quantitative estimate of drug-likeness (QED) is 0.471. The number of alkyl halides is 3. The SMILES string of the molecule is C[P+](=O)OOS(=O)(=O)c1ccccc1OC(F)(F)F. The fourth-order valence-corrected chi connectivity index (χ4v) is 2.32. The second kappa shape index (κ2) is 5.83. The van der Waals surface area contributed by atoms with Gasteiger partial charge in [0.15, 0.2) is 12.4 Å². The zero-order valence-corrected chi connectivity index (χ0v) is 11.0. The molecule has 0 heterocycles. The Labute approximate surface area is 107 Å². The third-order valence-electron chi connectivity index (χ3n) is 1.57. The lowest BCUT2D eigenvalue weighted by Gasteiger charge is -2.11. The number of hydrogen-bond donors (Lipinski definition) is 0. The second-order valence-corrected chi connectivity index (χ2v) is 5.54. The summed E-state index contributed by atoms with van der Waals surface area (Å²) in [6, 6.07) is 3.91.